The summed E-state index contributed by atoms with van der Waals surface area (Å²) in [5, 5.41) is 3.67. The van der Waals surface area contributed by atoms with E-state index in [9.17, 15) is 0 Å². The molecular weight excluding hydrogens is 272 g/mol. The summed E-state index contributed by atoms with van der Waals surface area (Å²) in [6, 6.07) is 4.03. The summed E-state index contributed by atoms with van der Waals surface area (Å²) in [6.45, 7) is 0.733. The molecule has 0 unspecified atom stereocenters. The zero-order chi connectivity index (χ0) is 11.1. The number of aromatic nitrogens is 1. The maximum Gasteiger partial charge on any atom is 0.229 e. The van der Waals surface area contributed by atoms with Crippen molar-refractivity contribution < 1.29 is 9.26 Å². The summed E-state index contributed by atoms with van der Waals surface area (Å²) in [5.74, 6) is 1.27. The van der Waals surface area contributed by atoms with Crippen LogP contribution in [0, 0.1) is 0 Å². The summed E-state index contributed by atoms with van der Waals surface area (Å²) in [4.78, 5) is 0. The quantitative estimate of drug-likeness (QED) is 0.872. The SMILES string of the molecule is Nc1oncc1-c1cc(Br)c2c(c1)CCO2. The van der Waals surface area contributed by atoms with Crippen LogP contribution in [0.2, 0.25) is 0 Å². The fourth-order valence-corrected chi connectivity index (χ4v) is 2.50. The number of rotatable bonds is 1. The zero-order valence-electron chi connectivity index (χ0n) is 8.37. The van der Waals surface area contributed by atoms with Gasteiger partial charge < -0.3 is 15.0 Å². The Labute approximate surface area is 100 Å². The van der Waals surface area contributed by atoms with Gasteiger partial charge in [-0.05, 0) is 39.2 Å². The van der Waals surface area contributed by atoms with E-state index < -0.39 is 0 Å². The first-order valence-corrected chi connectivity index (χ1v) is 5.71. The van der Waals surface area contributed by atoms with E-state index >= 15 is 0 Å². The van der Waals surface area contributed by atoms with Gasteiger partial charge in [0.05, 0.1) is 22.8 Å². The van der Waals surface area contributed by atoms with Crippen LogP contribution in [0.15, 0.2) is 27.3 Å². The van der Waals surface area contributed by atoms with E-state index in [1.807, 2.05) is 6.07 Å². The van der Waals surface area contributed by atoms with Gasteiger partial charge in [0.2, 0.25) is 5.88 Å². The van der Waals surface area contributed by atoms with E-state index in [0.29, 0.717) is 5.88 Å². The van der Waals surface area contributed by atoms with Crippen molar-refractivity contribution in [3.63, 3.8) is 0 Å². The van der Waals surface area contributed by atoms with Crippen LogP contribution < -0.4 is 10.5 Å². The number of ether oxygens (including phenoxy) is 1. The molecule has 0 aliphatic carbocycles. The van der Waals surface area contributed by atoms with Crippen LogP contribution in [0.25, 0.3) is 11.1 Å². The van der Waals surface area contributed by atoms with E-state index in [1.54, 1.807) is 6.20 Å². The molecule has 0 bridgehead atoms. The molecule has 1 aromatic carbocycles. The Morgan fingerprint density at radius 1 is 1.38 bits per heavy atom. The molecule has 82 valence electrons. The second kappa shape index (κ2) is 3.52. The van der Waals surface area contributed by atoms with Gasteiger partial charge in [-0.25, -0.2) is 0 Å². The molecule has 0 spiro atoms. The molecule has 1 aromatic heterocycles. The number of nitrogens with two attached hydrogens (primary N) is 1. The topological polar surface area (TPSA) is 61.3 Å². The average Bonchev–Trinajstić information content (AvgIpc) is 2.85. The third-order valence-corrected chi connectivity index (χ3v) is 3.24. The Morgan fingerprint density at radius 3 is 3.00 bits per heavy atom. The lowest BCUT2D eigenvalue weighted by Gasteiger charge is -2.05. The second-order valence-corrected chi connectivity index (χ2v) is 4.50. The summed E-state index contributed by atoms with van der Waals surface area (Å²) >= 11 is 3.49. The van der Waals surface area contributed by atoms with E-state index in [2.05, 4.69) is 27.2 Å². The molecule has 16 heavy (non-hydrogen) atoms. The predicted octanol–water partition coefficient (Wildman–Crippen LogP) is 2.62. The Morgan fingerprint density at radius 2 is 2.25 bits per heavy atom. The van der Waals surface area contributed by atoms with Crippen LogP contribution in [0.5, 0.6) is 5.75 Å². The minimum atomic E-state index is 0.339. The van der Waals surface area contributed by atoms with Gasteiger partial charge in [-0.15, -0.1) is 0 Å². The van der Waals surface area contributed by atoms with Gasteiger partial charge in [-0.2, -0.15) is 0 Å². The summed E-state index contributed by atoms with van der Waals surface area (Å²) in [6.07, 6.45) is 2.55. The van der Waals surface area contributed by atoms with E-state index in [1.165, 1.54) is 5.56 Å². The number of nitrogen functional groups attached to an aromatic ring is 1. The number of benzene rings is 1. The van der Waals surface area contributed by atoms with Crippen molar-refractivity contribution in [2.24, 2.45) is 0 Å². The molecule has 0 saturated heterocycles. The van der Waals surface area contributed by atoms with E-state index in [4.69, 9.17) is 15.0 Å². The minimum Gasteiger partial charge on any atom is -0.492 e. The van der Waals surface area contributed by atoms with E-state index in [-0.39, 0.29) is 0 Å². The molecule has 2 aromatic rings. The van der Waals surface area contributed by atoms with Gasteiger partial charge in [0.25, 0.3) is 0 Å². The Hall–Kier alpha value is -1.49. The van der Waals surface area contributed by atoms with Crippen molar-refractivity contribution in [2.45, 2.75) is 6.42 Å². The third-order valence-electron chi connectivity index (χ3n) is 2.65. The van der Waals surface area contributed by atoms with Crippen molar-refractivity contribution in [1.29, 1.82) is 0 Å². The standard InChI is InChI=1S/C11H9BrN2O2/c12-9-4-7(8-5-14-16-11(8)13)3-6-1-2-15-10(6)9/h3-5H,1-2,13H2. The first-order chi connectivity index (χ1) is 7.75. The van der Waals surface area contributed by atoms with Crippen LogP contribution >= 0.6 is 15.9 Å². The highest BCUT2D eigenvalue weighted by atomic mass is 79.9. The molecule has 0 saturated carbocycles. The average molecular weight is 281 g/mol. The first kappa shape index (κ1) is 9.72. The second-order valence-electron chi connectivity index (χ2n) is 3.65. The smallest absolute Gasteiger partial charge is 0.229 e. The van der Waals surface area contributed by atoms with Gasteiger partial charge >= 0.3 is 0 Å². The molecular formula is C11H9BrN2O2. The van der Waals surface area contributed by atoms with Crippen LogP contribution in [0.3, 0.4) is 0 Å². The van der Waals surface area contributed by atoms with Gasteiger partial charge in [0.1, 0.15) is 5.75 Å². The number of hydrogen-bond acceptors (Lipinski definition) is 4. The minimum absolute atomic E-state index is 0.339. The molecule has 4 nitrogen and oxygen atoms in total. The number of nitrogens with zero attached hydrogens (tertiary/aromatic N) is 1. The Balaban J connectivity index is 2.17. The summed E-state index contributed by atoms with van der Waals surface area (Å²) in [7, 11) is 0. The lowest BCUT2D eigenvalue weighted by molar-refractivity contribution is 0.355. The Kier molecular flexibility index (Phi) is 2.14. The lowest BCUT2D eigenvalue weighted by atomic mass is 10.0. The number of fused-ring (bicyclic) bond motifs is 1. The molecule has 0 fully saturated rings. The summed E-state index contributed by atoms with van der Waals surface area (Å²) in [5.41, 5.74) is 8.69. The fraction of sp³-hybridized carbons (Fsp3) is 0.182. The fourth-order valence-electron chi connectivity index (χ4n) is 1.88. The Bertz CT molecular complexity index is 551. The molecule has 1 aliphatic rings. The molecule has 5 heteroatoms. The van der Waals surface area contributed by atoms with Crippen molar-refractivity contribution in [3.8, 4) is 16.9 Å². The van der Waals surface area contributed by atoms with E-state index in [0.717, 1.165) is 34.4 Å². The summed E-state index contributed by atoms with van der Waals surface area (Å²) < 4.78 is 11.3. The number of hydrogen-bond donors (Lipinski definition) is 1. The number of halogens is 1. The highest BCUT2D eigenvalue weighted by Crippen LogP contribution is 2.38. The predicted molar refractivity (Wildman–Crippen MR) is 63.3 cm³/mol. The third kappa shape index (κ3) is 1.39. The van der Waals surface area contributed by atoms with Crippen LogP contribution in [0.4, 0.5) is 5.88 Å². The monoisotopic (exact) mass is 280 g/mol. The van der Waals surface area contributed by atoms with Crippen molar-refractivity contribution >= 4 is 21.8 Å². The lowest BCUT2D eigenvalue weighted by Crippen LogP contribution is -1.87. The van der Waals surface area contributed by atoms with Crippen LogP contribution in [-0.4, -0.2) is 11.8 Å². The van der Waals surface area contributed by atoms with Crippen molar-refractivity contribution in [1.82, 2.24) is 5.16 Å². The molecule has 0 amide bonds. The normalized spacial score (nSPS) is 13.6. The first-order valence-electron chi connectivity index (χ1n) is 4.91. The van der Waals surface area contributed by atoms with Gasteiger partial charge in [0.15, 0.2) is 0 Å². The maximum atomic E-state index is 5.69. The van der Waals surface area contributed by atoms with Gasteiger partial charge in [-0.3, -0.25) is 0 Å². The molecule has 3 rings (SSSR count). The van der Waals surface area contributed by atoms with Crippen LogP contribution in [0.1, 0.15) is 5.56 Å². The number of anilines is 1. The van der Waals surface area contributed by atoms with Gasteiger partial charge in [-0.1, -0.05) is 5.16 Å². The highest BCUT2D eigenvalue weighted by molar-refractivity contribution is 9.10. The molecule has 0 atom stereocenters. The van der Waals surface area contributed by atoms with Crippen LogP contribution in [-0.2, 0) is 6.42 Å². The molecule has 2 N–H and O–H groups in total. The highest BCUT2D eigenvalue weighted by Gasteiger charge is 2.18. The largest absolute Gasteiger partial charge is 0.492 e. The molecule has 1 aliphatic heterocycles. The van der Waals surface area contributed by atoms with Gasteiger partial charge in [0, 0.05) is 6.42 Å². The van der Waals surface area contributed by atoms with Crippen molar-refractivity contribution in [3.05, 3.63) is 28.4 Å². The zero-order valence-corrected chi connectivity index (χ0v) is 9.95. The molecule has 2 heterocycles. The maximum absolute atomic E-state index is 5.69. The molecule has 0 radical (unpaired) electrons. The van der Waals surface area contributed by atoms with Crippen molar-refractivity contribution in [2.75, 3.05) is 12.3 Å².